The molecule has 0 radical (unpaired) electrons. The average molecular weight is 516 g/mol. The molecule has 1 aliphatic rings. The van der Waals surface area contributed by atoms with Crippen molar-refractivity contribution in [3.63, 3.8) is 0 Å². The van der Waals surface area contributed by atoms with Gasteiger partial charge in [-0.25, -0.2) is 0 Å². The summed E-state index contributed by atoms with van der Waals surface area (Å²) < 4.78 is 13.3. The van der Waals surface area contributed by atoms with Gasteiger partial charge in [-0.3, -0.25) is 4.79 Å². The van der Waals surface area contributed by atoms with Crippen molar-refractivity contribution in [1.29, 1.82) is 0 Å². The van der Waals surface area contributed by atoms with Gasteiger partial charge in [-0.05, 0) is 40.9 Å². The van der Waals surface area contributed by atoms with E-state index in [1.54, 1.807) is 0 Å². The molecule has 1 aliphatic carbocycles. The number of aryl methyl sites for hydroxylation is 1. The summed E-state index contributed by atoms with van der Waals surface area (Å²) in [7, 11) is 0. The molecule has 0 N–H and O–H groups in total. The second kappa shape index (κ2) is 9.19. The minimum absolute atomic E-state index is 0.131. The lowest BCUT2D eigenvalue weighted by molar-refractivity contribution is -0.137. The monoisotopic (exact) mass is 514 g/mol. The van der Waals surface area contributed by atoms with Gasteiger partial charge in [0.05, 0.1) is 19.1 Å². The molecule has 0 heterocycles. The maximum Gasteiger partial charge on any atom is 0.315 e. The average Bonchev–Trinajstić information content (AvgIpc) is 3.23. The first-order valence-electron chi connectivity index (χ1n) is 11.8. The minimum atomic E-state index is -0.163. The number of carbonyl (C=O) groups is 1. The maximum atomic E-state index is 13.4. The highest BCUT2D eigenvalue weighted by Crippen LogP contribution is 2.59. The van der Waals surface area contributed by atoms with Gasteiger partial charge in [0.15, 0.2) is 0 Å². The first-order valence-corrected chi connectivity index (χ1v) is 12.6. The lowest BCUT2D eigenvalue weighted by atomic mass is 9.78. The van der Waals surface area contributed by atoms with Gasteiger partial charge < -0.3 is 9.47 Å². The van der Waals surface area contributed by atoms with Crippen LogP contribution in [-0.4, -0.2) is 12.6 Å². The van der Waals surface area contributed by atoms with Crippen molar-refractivity contribution in [2.75, 3.05) is 6.61 Å². The highest BCUT2D eigenvalue weighted by molar-refractivity contribution is 9.10. The van der Waals surface area contributed by atoms with E-state index in [1.165, 1.54) is 5.56 Å². The van der Waals surface area contributed by atoms with Gasteiger partial charge in [0.25, 0.3) is 0 Å². The van der Waals surface area contributed by atoms with Crippen LogP contribution in [0.5, 0.6) is 5.75 Å². The zero-order chi connectivity index (χ0) is 24.8. The van der Waals surface area contributed by atoms with Crippen LogP contribution in [-0.2, 0) is 27.0 Å². The smallest absolute Gasteiger partial charge is 0.315 e. The topological polar surface area (TPSA) is 35.5 Å². The number of rotatable bonds is 6. The summed E-state index contributed by atoms with van der Waals surface area (Å²) in [5.41, 5.74) is 4.09. The van der Waals surface area contributed by atoms with Gasteiger partial charge in [0, 0.05) is 21.5 Å². The third-order valence-corrected chi connectivity index (χ3v) is 7.36. The van der Waals surface area contributed by atoms with Gasteiger partial charge in [-0.2, -0.15) is 0 Å². The molecule has 33 heavy (non-hydrogen) atoms. The predicted octanol–water partition coefficient (Wildman–Crippen LogP) is 7.75. The zero-order valence-electron chi connectivity index (χ0n) is 21.6. The summed E-state index contributed by atoms with van der Waals surface area (Å²) in [6, 6.07) is 12.5. The predicted molar refractivity (Wildman–Crippen MR) is 139 cm³/mol. The molecule has 0 aromatic heterocycles. The highest BCUT2D eigenvalue weighted by atomic mass is 79.9. The largest absolute Gasteiger partial charge is 0.426 e. The first kappa shape index (κ1) is 26.0. The van der Waals surface area contributed by atoms with Gasteiger partial charge in [-0.1, -0.05) is 101 Å². The molecule has 2 atom stereocenters. The third kappa shape index (κ3) is 5.89. The van der Waals surface area contributed by atoms with Crippen molar-refractivity contribution >= 4 is 21.9 Å². The van der Waals surface area contributed by atoms with Crippen molar-refractivity contribution in [1.82, 2.24) is 0 Å². The summed E-state index contributed by atoms with van der Waals surface area (Å²) in [6.07, 6.45) is 0. The van der Waals surface area contributed by atoms with Crippen LogP contribution in [0, 0.1) is 24.2 Å². The van der Waals surface area contributed by atoms with E-state index in [1.807, 2.05) is 24.3 Å². The van der Waals surface area contributed by atoms with Crippen LogP contribution in [0.4, 0.5) is 0 Å². The number of halogens is 1. The van der Waals surface area contributed by atoms with Crippen LogP contribution >= 0.6 is 15.9 Å². The van der Waals surface area contributed by atoms with Gasteiger partial charge in [0.2, 0.25) is 0 Å². The molecule has 1 fully saturated rings. The van der Waals surface area contributed by atoms with E-state index in [0.717, 1.165) is 26.9 Å². The molecule has 1 saturated carbocycles. The number of benzene rings is 2. The Labute approximate surface area is 208 Å². The number of hydrogen-bond acceptors (Lipinski definition) is 3. The Morgan fingerprint density at radius 1 is 0.970 bits per heavy atom. The second-order valence-corrected chi connectivity index (χ2v) is 13.1. The Balaban J connectivity index is 1.77. The number of hydrogen-bond donors (Lipinski definition) is 0. The fraction of sp³-hybridized carbons (Fsp3) is 0.552. The minimum Gasteiger partial charge on any atom is -0.426 e. The van der Waals surface area contributed by atoms with Gasteiger partial charge in [-0.15, -0.1) is 0 Å². The van der Waals surface area contributed by atoms with Crippen LogP contribution in [0.1, 0.15) is 77.6 Å². The lowest BCUT2D eigenvalue weighted by Gasteiger charge is -2.30. The fourth-order valence-electron chi connectivity index (χ4n) is 4.57. The summed E-state index contributed by atoms with van der Waals surface area (Å²) in [5, 5.41) is 0. The molecule has 180 valence electrons. The summed E-state index contributed by atoms with van der Waals surface area (Å²) in [5.74, 6) is 0.589. The van der Waals surface area contributed by atoms with Crippen LogP contribution in [0.3, 0.4) is 0 Å². The van der Waals surface area contributed by atoms with E-state index >= 15 is 0 Å². The number of esters is 1. The molecule has 2 unspecified atom stereocenters. The van der Waals surface area contributed by atoms with E-state index in [0.29, 0.717) is 13.2 Å². The van der Waals surface area contributed by atoms with E-state index < -0.39 is 0 Å². The Morgan fingerprint density at radius 2 is 1.48 bits per heavy atom. The molecule has 2 aromatic carbocycles. The maximum absolute atomic E-state index is 13.4. The molecule has 3 nitrogen and oxygen atoms in total. The fourth-order valence-corrected chi connectivity index (χ4v) is 4.83. The number of carbonyl (C=O) groups excluding carboxylic acids is 1. The van der Waals surface area contributed by atoms with Crippen LogP contribution in [0.25, 0.3) is 0 Å². The van der Waals surface area contributed by atoms with E-state index in [9.17, 15) is 4.79 Å². The molecule has 4 heteroatoms. The molecule has 0 amide bonds. The quantitative estimate of drug-likeness (QED) is 0.292. The van der Waals surface area contributed by atoms with Gasteiger partial charge >= 0.3 is 5.97 Å². The summed E-state index contributed by atoms with van der Waals surface area (Å²) in [6.45, 7) is 20.5. The molecule has 0 saturated heterocycles. The molecule has 0 aliphatic heterocycles. The summed E-state index contributed by atoms with van der Waals surface area (Å²) >= 11 is 3.46. The van der Waals surface area contributed by atoms with Crippen molar-refractivity contribution < 1.29 is 14.3 Å². The van der Waals surface area contributed by atoms with Crippen LogP contribution in [0.15, 0.2) is 40.9 Å². The van der Waals surface area contributed by atoms with E-state index in [4.69, 9.17) is 9.47 Å². The Kier molecular flexibility index (Phi) is 7.23. The van der Waals surface area contributed by atoms with Gasteiger partial charge in [0.1, 0.15) is 5.75 Å². The van der Waals surface area contributed by atoms with Crippen molar-refractivity contribution in [2.24, 2.45) is 17.3 Å². The molecule has 3 rings (SSSR count). The summed E-state index contributed by atoms with van der Waals surface area (Å²) in [4.78, 5) is 13.4. The third-order valence-electron chi connectivity index (χ3n) is 6.84. The molecule has 0 spiro atoms. The van der Waals surface area contributed by atoms with Crippen molar-refractivity contribution in [2.45, 2.75) is 79.8 Å². The SMILES string of the molecule is Cc1cc(C(C)(C)C)c(OC(=O)C2C(COCc3ccc(Br)cc3)C2(C)C)c(C(C)(C)C)c1. The van der Waals surface area contributed by atoms with E-state index in [-0.39, 0.29) is 34.1 Å². The standard InChI is InChI=1S/C29H39BrO3/c1-18-14-21(27(2,3)4)25(22(15-18)28(5,6)7)33-26(31)24-23(29(24,8)9)17-32-16-19-10-12-20(30)13-11-19/h10-15,23-24H,16-17H2,1-9H3. The van der Waals surface area contributed by atoms with Crippen molar-refractivity contribution in [3.8, 4) is 5.75 Å². The van der Waals surface area contributed by atoms with Crippen LogP contribution < -0.4 is 4.74 Å². The van der Waals surface area contributed by atoms with Crippen molar-refractivity contribution in [3.05, 3.63) is 63.1 Å². The zero-order valence-corrected chi connectivity index (χ0v) is 23.2. The first-order chi connectivity index (χ1) is 15.1. The molecular formula is C29H39BrO3. The normalized spacial score (nSPS) is 19.9. The molecule has 0 bridgehead atoms. The second-order valence-electron chi connectivity index (χ2n) is 12.2. The van der Waals surface area contributed by atoms with E-state index in [2.05, 4.69) is 90.4 Å². The molecular weight excluding hydrogens is 476 g/mol. The number of ether oxygens (including phenoxy) is 2. The Hall–Kier alpha value is -1.65. The lowest BCUT2D eigenvalue weighted by Crippen LogP contribution is -2.23. The molecule has 2 aromatic rings. The Morgan fingerprint density at radius 3 is 1.97 bits per heavy atom. The Bertz CT molecular complexity index is 972. The van der Waals surface area contributed by atoms with Crippen LogP contribution in [0.2, 0.25) is 0 Å². The highest BCUT2D eigenvalue weighted by Gasteiger charge is 2.62.